The van der Waals surface area contributed by atoms with Gasteiger partial charge in [0.25, 0.3) is 26.0 Å². The highest BCUT2D eigenvalue weighted by Gasteiger charge is 2.49. The van der Waals surface area contributed by atoms with Crippen LogP contribution in [0.2, 0.25) is 0 Å². The molecule has 15 heteroatoms. The number of aryl methyl sites for hydroxylation is 2. The van der Waals surface area contributed by atoms with Crippen molar-refractivity contribution in [2.24, 2.45) is 0 Å². The van der Waals surface area contributed by atoms with E-state index in [9.17, 15) is 30.0 Å². The van der Waals surface area contributed by atoms with Gasteiger partial charge in [0, 0.05) is 28.4 Å². The highest BCUT2D eigenvalue weighted by Crippen LogP contribution is 2.37. The summed E-state index contributed by atoms with van der Waals surface area (Å²) in [5, 5.41) is 1.63. The van der Waals surface area contributed by atoms with Gasteiger partial charge in [-0.15, -0.1) is 0 Å². The summed E-state index contributed by atoms with van der Waals surface area (Å²) in [5.41, 5.74) is 2.42. The van der Waals surface area contributed by atoms with Crippen molar-refractivity contribution in [1.82, 2.24) is 13.1 Å². The molecular weight excluding hydrogens is 755 g/mol. The fourth-order valence-electron chi connectivity index (χ4n) is 6.13. The van der Waals surface area contributed by atoms with E-state index in [1.54, 1.807) is 39.2 Å². The number of methoxy groups -OCH3 is 1. The zero-order valence-electron chi connectivity index (χ0n) is 29.5. The molecule has 1 amide bonds. The summed E-state index contributed by atoms with van der Waals surface area (Å²) >= 11 is 1.45. The molecule has 278 valence electrons. The molecule has 53 heavy (non-hydrogen) atoms. The topological polar surface area (TPSA) is 138 Å². The van der Waals surface area contributed by atoms with E-state index < -0.39 is 47.3 Å². The minimum Gasteiger partial charge on any atom is -0.497 e. The second-order valence-corrected chi connectivity index (χ2v) is 19.7. The Hall–Kier alpha value is -4.25. The Morgan fingerprint density at radius 2 is 1.26 bits per heavy atom. The minimum absolute atomic E-state index is 0.000194. The maximum absolute atomic E-state index is 14.7. The second kappa shape index (κ2) is 15.2. The lowest BCUT2D eigenvalue weighted by Gasteiger charge is -2.33. The maximum Gasteiger partial charge on any atom is 0.274 e. The summed E-state index contributed by atoms with van der Waals surface area (Å²) in [6.45, 7) is 3.43. The van der Waals surface area contributed by atoms with Crippen molar-refractivity contribution in [3.8, 4) is 5.75 Å². The molecule has 1 aliphatic rings. The molecule has 6 rings (SSSR count). The molecule has 1 saturated heterocycles. The number of nitrogens with zero attached hydrogens (tertiary/aromatic N) is 3. The molecule has 0 N–H and O–H groups in total. The van der Waals surface area contributed by atoms with Crippen molar-refractivity contribution < 1.29 is 34.8 Å². The Bertz CT molecular complexity index is 2380. The predicted molar refractivity (Wildman–Crippen MR) is 206 cm³/mol. The number of hydrazine groups is 1. The molecule has 0 radical (unpaired) electrons. The molecule has 1 fully saturated rings. The number of likely N-dealkylation sites (N-methyl/N-ethyl adjacent to an activating group) is 1. The van der Waals surface area contributed by atoms with Crippen LogP contribution in [0.25, 0.3) is 10.8 Å². The Balaban J connectivity index is 1.40. The van der Waals surface area contributed by atoms with Crippen molar-refractivity contribution in [2.45, 2.75) is 52.0 Å². The van der Waals surface area contributed by atoms with E-state index in [1.807, 2.05) is 36.4 Å². The molecule has 0 unspecified atom stereocenters. The molecule has 0 spiro atoms. The first-order valence-electron chi connectivity index (χ1n) is 16.6. The predicted octanol–water partition coefficient (Wildman–Crippen LogP) is 5.98. The minimum atomic E-state index is -4.94. The molecule has 5 aromatic rings. The molecule has 0 bridgehead atoms. The lowest BCUT2D eigenvalue weighted by molar-refractivity contribution is -0.138. The molecular formula is C38H39N3O8S4. The molecule has 5 aromatic carbocycles. The van der Waals surface area contributed by atoms with Crippen LogP contribution in [0.5, 0.6) is 5.75 Å². The van der Waals surface area contributed by atoms with Crippen molar-refractivity contribution in [2.75, 3.05) is 20.7 Å². The average Bonchev–Trinajstić information content (AvgIpc) is 3.59. The van der Waals surface area contributed by atoms with Crippen LogP contribution >= 0.6 is 11.8 Å². The molecule has 0 aromatic heterocycles. The summed E-state index contributed by atoms with van der Waals surface area (Å²) in [6, 6.07) is 29.1. The van der Waals surface area contributed by atoms with Crippen molar-refractivity contribution in [3.63, 3.8) is 0 Å². The summed E-state index contributed by atoms with van der Waals surface area (Å²) < 4.78 is 92.5. The first-order chi connectivity index (χ1) is 25.1. The average molecular weight is 794 g/mol. The van der Waals surface area contributed by atoms with Crippen LogP contribution in [0, 0.1) is 13.8 Å². The fraction of sp³-hybridized carbons (Fsp3) is 0.237. The number of carbonyl (C=O) groups excluding carboxylic acids is 1. The van der Waals surface area contributed by atoms with E-state index in [-0.39, 0.29) is 31.5 Å². The summed E-state index contributed by atoms with van der Waals surface area (Å²) in [6.07, 6.45) is -0.000194. The van der Waals surface area contributed by atoms with Gasteiger partial charge in [0.2, 0.25) is 10.0 Å². The third kappa shape index (κ3) is 7.86. The van der Waals surface area contributed by atoms with E-state index in [4.69, 9.17) is 4.74 Å². The zero-order chi connectivity index (χ0) is 38.1. The van der Waals surface area contributed by atoms with Gasteiger partial charge in [0.15, 0.2) is 0 Å². The normalized spacial score (nSPS) is 16.9. The van der Waals surface area contributed by atoms with Crippen LogP contribution < -0.4 is 4.74 Å². The molecule has 1 heterocycles. The number of carbonyl (C=O) groups is 1. The SMILES string of the molecule is COc1ccc(CS[C@@H]2C[C@@H](C(=O)N(C)N(S(=O)(=O)c3ccc(C)cc3)S(=O)(=O)c3ccc(C)cc3)N(S(=O)(=O)c3ccc4ccccc4c3)C2)cc1. The van der Waals surface area contributed by atoms with Gasteiger partial charge in [-0.2, -0.15) is 16.1 Å². The number of thioether (sulfide) groups is 1. The van der Waals surface area contributed by atoms with Crippen LogP contribution in [0.4, 0.5) is 0 Å². The van der Waals surface area contributed by atoms with Crippen molar-refractivity contribution in [1.29, 1.82) is 0 Å². The first kappa shape index (κ1) is 38.5. The quantitative estimate of drug-likeness (QED) is 0.140. The molecule has 1 aliphatic heterocycles. The lowest BCUT2D eigenvalue weighted by Crippen LogP contribution is -2.55. The third-order valence-electron chi connectivity index (χ3n) is 9.09. The standard InChI is InChI=1S/C38H39N3O8S4/c1-27-9-18-34(19-10-27)52(45,46)41(53(47,48)35-20-11-28(2)12-21-35)39(3)38(42)37-24-33(50-26-29-13-16-32(49-4)17-14-29)25-40(37)51(43,44)36-22-15-30-7-5-6-8-31(30)23-36/h5-23,33,37H,24-26H2,1-4H3/t33-,37+/m1/s1. The number of benzene rings is 5. The molecule has 11 nitrogen and oxygen atoms in total. The van der Waals surface area contributed by atoms with Gasteiger partial charge in [-0.3, -0.25) is 4.79 Å². The van der Waals surface area contributed by atoms with Crippen LogP contribution in [0.1, 0.15) is 23.1 Å². The lowest BCUT2D eigenvalue weighted by atomic mass is 10.1. The van der Waals surface area contributed by atoms with E-state index in [1.165, 1.54) is 72.4 Å². The second-order valence-electron chi connectivity index (χ2n) is 12.8. The van der Waals surface area contributed by atoms with Gasteiger partial charge in [0.1, 0.15) is 11.8 Å². The van der Waals surface area contributed by atoms with Crippen LogP contribution in [-0.2, 0) is 40.6 Å². The summed E-state index contributed by atoms with van der Waals surface area (Å²) in [4.78, 5) is 13.9. The van der Waals surface area contributed by atoms with E-state index in [0.29, 0.717) is 21.9 Å². The highest BCUT2D eigenvalue weighted by molar-refractivity contribution is 8.04. The summed E-state index contributed by atoms with van der Waals surface area (Å²) in [7, 11) is -11.6. The van der Waals surface area contributed by atoms with Crippen molar-refractivity contribution in [3.05, 3.63) is 132 Å². The molecule has 0 saturated carbocycles. The number of ether oxygens (including phenoxy) is 1. The van der Waals surface area contributed by atoms with Gasteiger partial charge in [-0.25, -0.2) is 30.3 Å². The van der Waals surface area contributed by atoms with Gasteiger partial charge >= 0.3 is 0 Å². The number of sulfonamides is 3. The number of hydrogen-bond acceptors (Lipinski definition) is 9. The largest absolute Gasteiger partial charge is 0.497 e. The fourth-order valence-corrected chi connectivity index (χ4v) is 12.8. The van der Waals surface area contributed by atoms with Crippen LogP contribution in [-0.4, -0.2) is 76.3 Å². The highest BCUT2D eigenvalue weighted by atomic mass is 32.3. The van der Waals surface area contributed by atoms with Crippen LogP contribution in [0.3, 0.4) is 0 Å². The van der Waals surface area contributed by atoms with Gasteiger partial charge in [-0.05, 0) is 85.1 Å². The zero-order valence-corrected chi connectivity index (χ0v) is 32.8. The van der Waals surface area contributed by atoms with Crippen LogP contribution in [0.15, 0.2) is 130 Å². The third-order valence-corrected chi connectivity index (χ3v) is 16.5. The van der Waals surface area contributed by atoms with Gasteiger partial charge in [-0.1, -0.05) is 77.9 Å². The first-order valence-corrected chi connectivity index (χ1v) is 22.0. The number of rotatable bonds is 12. The van der Waals surface area contributed by atoms with E-state index in [2.05, 4.69) is 0 Å². The van der Waals surface area contributed by atoms with E-state index >= 15 is 0 Å². The number of amides is 1. The Labute approximate surface area is 315 Å². The van der Waals surface area contributed by atoms with E-state index in [0.717, 1.165) is 33.4 Å². The Kier molecular flexibility index (Phi) is 11.1. The maximum atomic E-state index is 14.7. The Morgan fingerprint density at radius 3 is 1.81 bits per heavy atom. The molecule has 0 aliphatic carbocycles. The number of fused-ring (bicyclic) bond motifs is 1. The smallest absolute Gasteiger partial charge is 0.274 e. The Morgan fingerprint density at radius 1 is 0.736 bits per heavy atom. The number of hydrogen-bond donors (Lipinski definition) is 0. The van der Waals surface area contributed by atoms with Gasteiger partial charge in [0.05, 0.1) is 21.8 Å². The monoisotopic (exact) mass is 793 g/mol. The summed E-state index contributed by atoms with van der Waals surface area (Å²) in [5.74, 6) is 0.158. The van der Waals surface area contributed by atoms with Gasteiger partial charge < -0.3 is 4.74 Å². The van der Waals surface area contributed by atoms with Crippen molar-refractivity contribution >= 4 is 58.5 Å². The molecule has 2 atom stereocenters.